The molecular weight excluding hydrogens is 256 g/mol. The van der Waals surface area contributed by atoms with Crippen LogP contribution in [0.2, 0.25) is 0 Å². The van der Waals surface area contributed by atoms with Crippen molar-refractivity contribution in [2.24, 2.45) is 5.73 Å². The van der Waals surface area contributed by atoms with Crippen molar-refractivity contribution in [2.45, 2.75) is 24.0 Å². The van der Waals surface area contributed by atoms with Crippen LogP contribution in [-0.4, -0.2) is 39.3 Å². The van der Waals surface area contributed by atoms with E-state index in [4.69, 9.17) is 10.5 Å². The van der Waals surface area contributed by atoms with Crippen molar-refractivity contribution in [2.75, 3.05) is 13.7 Å². The average molecular weight is 274 g/mol. The summed E-state index contributed by atoms with van der Waals surface area (Å²) >= 11 is 0. The molecule has 0 aliphatic heterocycles. The van der Waals surface area contributed by atoms with Crippen molar-refractivity contribution in [3.05, 3.63) is 24.3 Å². The average Bonchev–Trinajstić information content (AvgIpc) is 2.35. The normalized spacial score (nSPS) is 15.1. The van der Waals surface area contributed by atoms with E-state index < -0.39 is 22.2 Å². The van der Waals surface area contributed by atoms with Crippen LogP contribution in [0.25, 0.3) is 0 Å². The summed E-state index contributed by atoms with van der Waals surface area (Å²) in [4.78, 5) is 0.0466. The van der Waals surface area contributed by atoms with Crippen LogP contribution in [0.3, 0.4) is 0 Å². The van der Waals surface area contributed by atoms with Gasteiger partial charge in [0.25, 0.3) is 0 Å². The molecule has 0 heterocycles. The molecule has 0 saturated carbocycles. The number of aliphatic hydroxyl groups excluding tert-OH is 1. The van der Waals surface area contributed by atoms with Crippen molar-refractivity contribution in [1.82, 2.24) is 4.72 Å². The Labute approximate surface area is 107 Å². The van der Waals surface area contributed by atoms with E-state index in [0.29, 0.717) is 0 Å². The Morgan fingerprint density at radius 3 is 2.61 bits per heavy atom. The molecule has 0 bridgehead atoms. The zero-order valence-electron chi connectivity index (χ0n) is 10.3. The fourth-order valence-electron chi connectivity index (χ4n) is 1.30. The Morgan fingerprint density at radius 1 is 1.44 bits per heavy atom. The van der Waals surface area contributed by atoms with Gasteiger partial charge in [-0.2, -0.15) is 0 Å². The van der Waals surface area contributed by atoms with Crippen LogP contribution in [-0.2, 0) is 10.0 Å². The summed E-state index contributed by atoms with van der Waals surface area (Å²) in [5.41, 5.74) is 5.56. The van der Waals surface area contributed by atoms with E-state index in [9.17, 15) is 13.5 Å². The minimum absolute atomic E-state index is 0.0436. The van der Waals surface area contributed by atoms with Gasteiger partial charge in [0.05, 0.1) is 13.2 Å². The lowest BCUT2D eigenvalue weighted by molar-refractivity contribution is 0.164. The van der Waals surface area contributed by atoms with Crippen LogP contribution in [0.5, 0.6) is 5.75 Å². The Hall–Kier alpha value is -1.15. The molecule has 18 heavy (non-hydrogen) atoms. The molecule has 2 unspecified atom stereocenters. The van der Waals surface area contributed by atoms with Crippen molar-refractivity contribution in [1.29, 1.82) is 0 Å². The second-order valence-electron chi connectivity index (χ2n) is 3.91. The maximum Gasteiger partial charge on any atom is 0.244 e. The third-order valence-electron chi connectivity index (χ3n) is 2.49. The summed E-state index contributed by atoms with van der Waals surface area (Å²) in [6, 6.07) is 5.62. The number of benzene rings is 1. The van der Waals surface area contributed by atoms with Crippen molar-refractivity contribution < 1.29 is 18.3 Å². The van der Waals surface area contributed by atoms with E-state index in [-0.39, 0.29) is 17.2 Å². The molecular formula is C11H18N2O4S. The maximum absolute atomic E-state index is 12.0. The molecule has 1 aromatic carbocycles. The van der Waals surface area contributed by atoms with Gasteiger partial charge in [0, 0.05) is 12.6 Å². The molecule has 2 atom stereocenters. The lowest BCUT2D eigenvalue weighted by Crippen LogP contribution is -2.43. The first-order valence-corrected chi connectivity index (χ1v) is 6.93. The lowest BCUT2D eigenvalue weighted by atomic mass is 10.2. The summed E-state index contributed by atoms with van der Waals surface area (Å²) < 4.78 is 31.3. The monoisotopic (exact) mass is 274 g/mol. The number of hydrogen-bond acceptors (Lipinski definition) is 5. The van der Waals surface area contributed by atoms with Crippen molar-refractivity contribution in [3.63, 3.8) is 0 Å². The quantitative estimate of drug-likeness (QED) is 0.660. The van der Waals surface area contributed by atoms with Gasteiger partial charge in [-0.15, -0.1) is 0 Å². The molecule has 6 nitrogen and oxygen atoms in total. The van der Waals surface area contributed by atoms with Gasteiger partial charge in [-0.3, -0.25) is 0 Å². The van der Waals surface area contributed by atoms with Gasteiger partial charge in [0.15, 0.2) is 0 Å². The molecule has 7 heteroatoms. The van der Waals surface area contributed by atoms with Crippen molar-refractivity contribution >= 4 is 10.0 Å². The highest BCUT2D eigenvalue weighted by molar-refractivity contribution is 7.89. The van der Waals surface area contributed by atoms with Gasteiger partial charge >= 0.3 is 0 Å². The highest BCUT2D eigenvalue weighted by Crippen LogP contribution is 2.22. The lowest BCUT2D eigenvalue weighted by Gasteiger charge is -2.16. The molecule has 4 N–H and O–H groups in total. The predicted octanol–water partition coefficient (Wildman–Crippen LogP) is -0.318. The molecule has 0 aliphatic rings. The van der Waals surface area contributed by atoms with E-state index in [1.54, 1.807) is 18.2 Å². The van der Waals surface area contributed by atoms with Crippen molar-refractivity contribution in [3.8, 4) is 5.75 Å². The first kappa shape index (κ1) is 14.9. The second kappa shape index (κ2) is 6.14. The van der Waals surface area contributed by atoms with Crippen LogP contribution in [0, 0.1) is 0 Å². The number of methoxy groups -OCH3 is 1. The molecule has 0 radical (unpaired) electrons. The standard InChI is InChI=1S/C11H18N2O4S/c1-8(14)9(12)7-13-18(15,16)11-6-4-3-5-10(11)17-2/h3-6,8-9,13-14H,7,12H2,1-2H3. The molecule has 0 saturated heterocycles. The van der Waals surface area contributed by atoms with Gasteiger partial charge in [0.1, 0.15) is 10.6 Å². The van der Waals surface area contributed by atoms with Gasteiger partial charge in [-0.05, 0) is 19.1 Å². The smallest absolute Gasteiger partial charge is 0.244 e. The van der Waals surface area contributed by atoms with Crippen LogP contribution >= 0.6 is 0 Å². The maximum atomic E-state index is 12.0. The van der Waals surface area contributed by atoms with Crippen LogP contribution in [0.1, 0.15) is 6.92 Å². The first-order valence-electron chi connectivity index (χ1n) is 5.45. The number of nitrogens with two attached hydrogens (primary N) is 1. The van der Waals surface area contributed by atoms with E-state index in [2.05, 4.69) is 4.72 Å². The topological polar surface area (TPSA) is 102 Å². The third kappa shape index (κ3) is 3.67. The van der Waals surface area contributed by atoms with Gasteiger partial charge in [-0.1, -0.05) is 12.1 Å². The number of rotatable bonds is 6. The van der Waals surface area contributed by atoms with Crippen LogP contribution < -0.4 is 15.2 Å². The Balaban J connectivity index is 2.87. The number of aliphatic hydroxyl groups is 1. The van der Waals surface area contributed by atoms with E-state index in [1.165, 1.54) is 20.1 Å². The molecule has 0 amide bonds. The largest absolute Gasteiger partial charge is 0.495 e. The highest BCUT2D eigenvalue weighted by atomic mass is 32.2. The molecule has 0 aliphatic carbocycles. The summed E-state index contributed by atoms with van der Waals surface area (Å²) in [5, 5.41) is 9.20. The van der Waals surface area contributed by atoms with Gasteiger partial charge < -0.3 is 15.6 Å². The molecule has 1 aromatic rings. The summed E-state index contributed by atoms with van der Waals surface area (Å²) in [6.07, 6.45) is -0.787. The molecule has 0 aromatic heterocycles. The summed E-state index contributed by atoms with van der Waals surface area (Å²) in [5.74, 6) is 0.260. The predicted molar refractivity (Wildman–Crippen MR) is 67.8 cm³/mol. The van der Waals surface area contributed by atoms with Gasteiger partial charge in [-0.25, -0.2) is 13.1 Å². The van der Waals surface area contributed by atoms with E-state index >= 15 is 0 Å². The molecule has 102 valence electrons. The fourth-order valence-corrected chi connectivity index (χ4v) is 2.54. The number of hydrogen-bond donors (Lipinski definition) is 3. The summed E-state index contributed by atoms with van der Waals surface area (Å²) in [7, 11) is -2.30. The number of ether oxygens (including phenoxy) is 1. The minimum Gasteiger partial charge on any atom is -0.495 e. The number of nitrogens with one attached hydrogen (secondary N) is 1. The van der Waals surface area contributed by atoms with E-state index in [0.717, 1.165) is 0 Å². The second-order valence-corrected chi connectivity index (χ2v) is 5.64. The third-order valence-corrected chi connectivity index (χ3v) is 3.95. The number of sulfonamides is 1. The zero-order valence-corrected chi connectivity index (χ0v) is 11.1. The zero-order chi connectivity index (χ0) is 13.8. The van der Waals surface area contributed by atoms with Crippen LogP contribution in [0.4, 0.5) is 0 Å². The molecule has 0 spiro atoms. The molecule has 0 fully saturated rings. The Kier molecular flexibility index (Phi) is 5.09. The molecule has 1 rings (SSSR count). The van der Waals surface area contributed by atoms with E-state index in [1.807, 2.05) is 0 Å². The highest BCUT2D eigenvalue weighted by Gasteiger charge is 2.20. The Morgan fingerprint density at radius 2 is 2.06 bits per heavy atom. The number of para-hydroxylation sites is 1. The first-order chi connectivity index (χ1) is 8.38. The van der Waals surface area contributed by atoms with Gasteiger partial charge in [0.2, 0.25) is 10.0 Å². The Bertz CT molecular complexity index is 488. The minimum atomic E-state index is -3.70. The fraction of sp³-hybridized carbons (Fsp3) is 0.455. The summed E-state index contributed by atoms with van der Waals surface area (Å²) in [6.45, 7) is 1.46. The SMILES string of the molecule is COc1ccccc1S(=O)(=O)NCC(N)C(C)O. The van der Waals surface area contributed by atoms with Crippen LogP contribution in [0.15, 0.2) is 29.2 Å².